The molecule has 2 aliphatic heterocycles. The first-order chi connectivity index (χ1) is 25.9. The summed E-state index contributed by atoms with van der Waals surface area (Å²) in [5, 5.41) is 76.1. The van der Waals surface area contributed by atoms with Crippen molar-refractivity contribution in [3.8, 4) is 5.75 Å². The first-order valence-electron chi connectivity index (χ1n) is 19.5. The lowest BCUT2D eigenvalue weighted by molar-refractivity contribution is -0.376. The van der Waals surface area contributed by atoms with Gasteiger partial charge in [-0.2, -0.15) is 0 Å². The molecule has 320 valence electrons. The number of aliphatic hydroxyl groups excluding tert-OH is 6. The number of benzene rings is 2. The Kier molecular flexibility index (Phi) is 13.8. The Hall–Kier alpha value is -3.11. The van der Waals surface area contributed by atoms with E-state index in [4.69, 9.17) is 23.7 Å². The number of aromatic hydroxyl groups is 1. The first-order valence-corrected chi connectivity index (χ1v) is 19.5. The monoisotopic (exact) mass is 802 g/mol. The van der Waals surface area contributed by atoms with Crippen LogP contribution in [-0.4, -0.2) is 116 Å². The van der Waals surface area contributed by atoms with Gasteiger partial charge in [-0.05, 0) is 63.0 Å². The number of phenols is 1. The number of hydrogen-bond donors (Lipinski definition) is 7. The summed E-state index contributed by atoms with van der Waals surface area (Å²) in [6, 6.07) is 7.59. The molecule has 13 heteroatoms. The van der Waals surface area contributed by atoms with E-state index in [1.165, 1.54) is 0 Å². The predicted molar refractivity (Wildman–Crippen MR) is 214 cm³/mol. The maximum atomic E-state index is 13.4. The Morgan fingerprint density at radius 3 is 1.42 bits per heavy atom. The topological polar surface area (TPSA) is 205 Å². The number of aliphatic hydroxyl groups is 6. The number of esters is 1. The summed E-state index contributed by atoms with van der Waals surface area (Å²) in [5.74, 6) is -0.871. The van der Waals surface area contributed by atoms with E-state index in [0.29, 0.717) is 11.3 Å². The maximum Gasteiger partial charge on any atom is 0.342 e. The third-order valence-electron chi connectivity index (χ3n) is 10.8. The second-order valence-corrected chi connectivity index (χ2v) is 19.6. The zero-order chi connectivity index (χ0) is 43.3. The van der Waals surface area contributed by atoms with Crippen LogP contribution in [0.3, 0.4) is 0 Å². The Morgan fingerprint density at radius 2 is 1.00 bits per heavy atom. The summed E-state index contributed by atoms with van der Waals surface area (Å²) in [6.07, 6.45) is -16.9. The van der Waals surface area contributed by atoms with Gasteiger partial charge >= 0.3 is 5.97 Å². The van der Waals surface area contributed by atoms with Gasteiger partial charge in [0.15, 0.2) is 12.6 Å². The van der Waals surface area contributed by atoms with Crippen LogP contribution in [0.25, 0.3) is 5.76 Å². The van der Waals surface area contributed by atoms with Gasteiger partial charge in [0.1, 0.15) is 79.1 Å². The molecular weight excluding hydrogens is 736 g/mol. The molecule has 2 heterocycles. The van der Waals surface area contributed by atoms with E-state index in [2.05, 4.69) is 54.2 Å². The summed E-state index contributed by atoms with van der Waals surface area (Å²) >= 11 is 0. The minimum atomic E-state index is -1.88. The highest BCUT2D eigenvalue weighted by Crippen LogP contribution is 2.39. The molecule has 13 nitrogen and oxygen atoms in total. The largest absolute Gasteiger partial charge is 0.507 e. The van der Waals surface area contributed by atoms with E-state index in [1.807, 2.05) is 60.6 Å². The molecule has 0 bridgehead atoms. The summed E-state index contributed by atoms with van der Waals surface area (Å²) in [6.45, 7) is 29.5. The highest BCUT2D eigenvalue weighted by atomic mass is 16.8. The highest BCUT2D eigenvalue weighted by molar-refractivity contribution is 5.93. The maximum absolute atomic E-state index is 13.4. The normalized spacial score (nSPS) is 28.9. The molecule has 10 unspecified atom stereocenters. The molecule has 10 atom stereocenters. The lowest BCUT2D eigenvalue weighted by Gasteiger charge is -2.44. The third kappa shape index (κ3) is 10.4. The number of phenolic OH excluding ortho intramolecular Hbond substituents is 1. The Labute approximate surface area is 337 Å². The van der Waals surface area contributed by atoms with Crippen LogP contribution < -0.4 is 0 Å². The van der Waals surface area contributed by atoms with Crippen molar-refractivity contribution in [2.24, 2.45) is 0 Å². The van der Waals surface area contributed by atoms with E-state index in [0.717, 1.165) is 27.8 Å². The van der Waals surface area contributed by atoms with Crippen molar-refractivity contribution in [3.63, 3.8) is 0 Å². The summed E-state index contributed by atoms with van der Waals surface area (Å²) in [4.78, 5) is 13.4. The van der Waals surface area contributed by atoms with Crippen LogP contribution in [0.1, 0.15) is 127 Å². The van der Waals surface area contributed by atoms with Gasteiger partial charge in [-0.3, -0.25) is 0 Å². The lowest BCUT2D eigenvalue weighted by atomic mass is 9.77. The van der Waals surface area contributed by atoms with Crippen molar-refractivity contribution < 1.29 is 64.2 Å². The third-order valence-corrected chi connectivity index (χ3v) is 10.8. The van der Waals surface area contributed by atoms with Gasteiger partial charge in [0, 0.05) is 11.1 Å². The molecule has 0 spiro atoms. The summed E-state index contributed by atoms with van der Waals surface area (Å²) in [5.41, 5.74) is 3.89. The van der Waals surface area contributed by atoms with Crippen molar-refractivity contribution in [3.05, 3.63) is 69.8 Å². The molecule has 2 aromatic rings. The van der Waals surface area contributed by atoms with Crippen molar-refractivity contribution in [1.82, 2.24) is 0 Å². The number of carbonyl (C=O) groups is 1. The zero-order valence-electron chi connectivity index (χ0n) is 35.8. The van der Waals surface area contributed by atoms with Gasteiger partial charge < -0.3 is 59.4 Å². The fourth-order valence-electron chi connectivity index (χ4n) is 6.97. The number of rotatable bonds is 9. The van der Waals surface area contributed by atoms with Crippen molar-refractivity contribution in [2.45, 2.75) is 173 Å². The first kappa shape index (κ1) is 46.6. The average molecular weight is 803 g/mol. The molecule has 0 radical (unpaired) electrons. The van der Waals surface area contributed by atoms with Gasteiger partial charge in [-0.1, -0.05) is 102 Å². The number of hydrogen-bond acceptors (Lipinski definition) is 13. The Morgan fingerprint density at radius 1 is 0.596 bits per heavy atom. The molecule has 0 amide bonds. The highest BCUT2D eigenvalue weighted by Gasteiger charge is 2.50. The van der Waals surface area contributed by atoms with E-state index < -0.39 is 79.4 Å². The lowest BCUT2D eigenvalue weighted by Crippen LogP contribution is -2.63. The van der Waals surface area contributed by atoms with Gasteiger partial charge in [-0.25, -0.2) is 4.79 Å². The molecule has 2 aliphatic rings. The second kappa shape index (κ2) is 16.9. The zero-order valence-corrected chi connectivity index (χ0v) is 35.8. The Bertz CT molecular complexity index is 1630. The predicted octanol–water partition coefficient (Wildman–Crippen LogP) is 4.37. The SMILES string of the molecule is C=C(OCC1OC(OC2OC(COC(=O)c3cc(C(C)(C)C)cc(C(C)(C)C)c3O)C(O)C(O)C2O)C(O)C(O)C1O)c1cc(C(C)(C)C)cc(C(C)(C)C)c1C. The smallest absolute Gasteiger partial charge is 0.342 e. The van der Waals surface area contributed by atoms with Crippen LogP contribution in [0.2, 0.25) is 0 Å². The van der Waals surface area contributed by atoms with E-state index >= 15 is 0 Å². The molecule has 2 aromatic carbocycles. The molecular formula is C44H66O13. The fourth-order valence-corrected chi connectivity index (χ4v) is 6.97. The minimum Gasteiger partial charge on any atom is -0.507 e. The van der Waals surface area contributed by atoms with E-state index in [-0.39, 0.29) is 34.2 Å². The van der Waals surface area contributed by atoms with E-state index in [9.17, 15) is 40.5 Å². The van der Waals surface area contributed by atoms with Crippen LogP contribution in [0, 0.1) is 6.92 Å². The standard InChI is InChI=1S/C44H66O13/c1-21-25(15-23(41(3,4)5)17-27(21)43(9,10)11)22(2)53-19-29-32(46)34(48)36(50)39(55-29)57-40-37(51)35(49)33(47)30(56-40)20-54-38(52)26-16-24(42(6,7)8)18-28(31(26)45)44(12,13)14/h15-18,29-30,32-37,39-40,45-51H,2,19-20H2,1,3-14H3. The average Bonchev–Trinajstić information content (AvgIpc) is 3.08. The molecule has 0 aromatic heterocycles. The molecule has 2 saturated heterocycles. The van der Waals surface area contributed by atoms with Gasteiger partial charge in [0.25, 0.3) is 0 Å². The van der Waals surface area contributed by atoms with Crippen LogP contribution in [-0.2, 0) is 45.3 Å². The molecule has 7 N–H and O–H groups in total. The van der Waals surface area contributed by atoms with Crippen molar-refractivity contribution >= 4 is 11.7 Å². The van der Waals surface area contributed by atoms with Crippen molar-refractivity contribution in [2.75, 3.05) is 13.2 Å². The van der Waals surface area contributed by atoms with Crippen LogP contribution in [0.15, 0.2) is 30.8 Å². The van der Waals surface area contributed by atoms with Crippen LogP contribution in [0.5, 0.6) is 5.75 Å². The number of carbonyl (C=O) groups excluding carboxylic acids is 1. The fraction of sp³-hybridized carbons (Fsp3) is 0.659. The molecule has 2 fully saturated rings. The van der Waals surface area contributed by atoms with Gasteiger partial charge in [0.05, 0.1) is 0 Å². The quantitative estimate of drug-likeness (QED) is 0.139. The van der Waals surface area contributed by atoms with Crippen LogP contribution >= 0.6 is 0 Å². The summed E-state index contributed by atoms with van der Waals surface area (Å²) in [7, 11) is 0. The summed E-state index contributed by atoms with van der Waals surface area (Å²) < 4.78 is 28.9. The van der Waals surface area contributed by atoms with Gasteiger partial charge in [0.2, 0.25) is 0 Å². The van der Waals surface area contributed by atoms with Crippen molar-refractivity contribution in [1.29, 1.82) is 0 Å². The van der Waals surface area contributed by atoms with E-state index in [1.54, 1.807) is 6.07 Å². The molecule has 0 saturated carbocycles. The molecule has 4 rings (SSSR count). The Balaban J connectivity index is 1.50. The molecule has 0 aliphatic carbocycles. The van der Waals surface area contributed by atoms with Gasteiger partial charge in [-0.15, -0.1) is 0 Å². The second-order valence-electron chi connectivity index (χ2n) is 19.6. The minimum absolute atomic E-state index is 0.0973. The molecule has 57 heavy (non-hydrogen) atoms. The number of ether oxygens (including phenoxy) is 5. The van der Waals surface area contributed by atoms with Crippen LogP contribution in [0.4, 0.5) is 0 Å².